The monoisotopic (exact) mass is 341 g/mol. The molecule has 0 spiro atoms. The molecule has 1 aromatic carbocycles. The van der Waals surface area contributed by atoms with E-state index in [0.29, 0.717) is 12.6 Å². The summed E-state index contributed by atoms with van der Waals surface area (Å²) in [5.74, 6) is 0.0781. The summed E-state index contributed by atoms with van der Waals surface area (Å²) in [6, 6.07) is 6.43. The van der Waals surface area contributed by atoms with Crippen molar-refractivity contribution in [3.63, 3.8) is 0 Å². The number of rotatable bonds is 8. The van der Waals surface area contributed by atoms with Crippen molar-refractivity contribution >= 4 is 27.4 Å². The fourth-order valence-electron chi connectivity index (χ4n) is 2.41. The Kier molecular flexibility index (Phi) is 7.24. The van der Waals surface area contributed by atoms with Crippen LogP contribution in [0, 0.1) is 0 Å². The van der Waals surface area contributed by atoms with E-state index in [9.17, 15) is 4.79 Å². The van der Waals surface area contributed by atoms with Crippen LogP contribution in [0.1, 0.15) is 44.0 Å². The van der Waals surface area contributed by atoms with Gasteiger partial charge in [-0.25, -0.2) is 0 Å². The van der Waals surface area contributed by atoms with Crippen LogP contribution in [0.2, 0.25) is 0 Å². The van der Waals surface area contributed by atoms with Gasteiger partial charge in [0, 0.05) is 35.4 Å². The van der Waals surface area contributed by atoms with Crippen LogP contribution in [0.4, 0.5) is 5.69 Å². The molecule has 4 heteroatoms. The molecule has 0 aliphatic rings. The number of carbonyl (C=O) groups is 1. The first-order valence-electron chi connectivity index (χ1n) is 7.11. The molecule has 20 heavy (non-hydrogen) atoms. The lowest BCUT2D eigenvalue weighted by Gasteiger charge is -2.33. The third-order valence-corrected chi connectivity index (χ3v) is 4.24. The molecular formula is C16H24BrNO2. The number of hydrogen-bond acceptors (Lipinski definition) is 3. The molecule has 0 aliphatic heterocycles. The van der Waals surface area contributed by atoms with Gasteiger partial charge in [0.1, 0.15) is 0 Å². The maximum Gasteiger partial charge on any atom is 0.160 e. The molecule has 0 fully saturated rings. The second-order valence-electron chi connectivity index (χ2n) is 4.88. The predicted octanol–water partition coefficient (Wildman–Crippen LogP) is 4.29. The summed E-state index contributed by atoms with van der Waals surface area (Å²) in [6.07, 6.45) is 2.18. The van der Waals surface area contributed by atoms with E-state index in [2.05, 4.69) is 34.7 Å². The van der Waals surface area contributed by atoms with Crippen molar-refractivity contribution in [2.45, 2.75) is 39.7 Å². The summed E-state index contributed by atoms with van der Waals surface area (Å²) in [5.41, 5.74) is 1.86. The molecule has 0 N–H and O–H groups in total. The molecule has 1 aromatic rings. The minimum Gasteiger partial charge on any atom is -0.383 e. The molecule has 0 aliphatic carbocycles. The number of anilines is 1. The molecule has 0 saturated heterocycles. The van der Waals surface area contributed by atoms with Crippen molar-refractivity contribution in [2.75, 3.05) is 25.2 Å². The van der Waals surface area contributed by atoms with Crippen molar-refractivity contribution in [2.24, 2.45) is 0 Å². The van der Waals surface area contributed by atoms with E-state index < -0.39 is 0 Å². The van der Waals surface area contributed by atoms with E-state index in [4.69, 9.17) is 4.74 Å². The molecule has 0 radical (unpaired) electrons. The number of methoxy groups -OCH3 is 1. The Bertz CT molecular complexity index is 444. The zero-order valence-corrected chi connectivity index (χ0v) is 14.4. The Morgan fingerprint density at radius 2 is 2.00 bits per heavy atom. The van der Waals surface area contributed by atoms with Gasteiger partial charge in [-0.2, -0.15) is 0 Å². The van der Waals surface area contributed by atoms with Gasteiger partial charge in [0.05, 0.1) is 6.61 Å². The maximum absolute atomic E-state index is 11.5. The maximum atomic E-state index is 11.5. The highest BCUT2D eigenvalue weighted by Gasteiger charge is 2.17. The normalized spacial score (nSPS) is 10.9. The van der Waals surface area contributed by atoms with Crippen molar-refractivity contribution < 1.29 is 9.53 Å². The number of halogens is 1. The first-order chi connectivity index (χ1) is 9.54. The lowest BCUT2D eigenvalue weighted by atomic mass is 10.1. The van der Waals surface area contributed by atoms with Gasteiger partial charge in [-0.15, -0.1) is 0 Å². The van der Waals surface area contributed by atoms with E-state index in [1.54, 1.807) is 14.0 Å². The molecule has 3 nitrogen and oxygen atoms in total. The Labute approximate surface area is 130 Å². The number of hydrogen-bond donors (Lipinski definition) is 0. The number of Topliss-reactive ketones (excluding diaryl/α,β-unsaturated/α-hetero) is 1. The second-order valence-corrected chi connectivity index (χ2v) is 5.73. The zero-order valence-electron chi connectivity index (χ0n) is 12.8. The van der Waals surface area contributed by atoms with Gasteiger partial charge in [0.25, 0.3) is 0 Å². The third kappa shape index (κ3) is 4.32. The average molecular weight is 342 g/mol. The predicted molar refractivity (Wildman–Crippen MR) is 87.7 cm³/mol. The summed E-state index contributed by atoms with van der Waals surface area (Å²) < 4.78 is 6.07. The topological polar surface area (TPSA) is 29.5 Å². The molecule has 0 amide bonds. The third-order valence-electron chi connectivity index (χ3n) is 3.58. The van der Waals surface area contributed by atoms with Gasteiger partial charge in [-0.1, -0.05) is 13.8 Å². The van der Waals surface area contributed by atoms with Crippen molar-refractivity contribution in [1.82, 2.24) is 0 Å². The van der Waals surface area contributed by atoms with Crippen LogP contribution in [0.15, 0.2) is 22.7 Å². The zero-order chi connectivity index (χ0) is 15.1. The highest BCUT2D eigenvalue weighted by Crippen LogP contribution is 2.27. The first-order valence-corrected chi connectivity index (χ1v) is 7.90. The van der Waals surface area contributed by atoms with E-state index in [-0.39, 0.29) is 5.78 Å². The molecule has 0 atom stereocenters. The lowest BCUT2D eigenvalue weighted by Crippen LogP contribution is -2.37. The van der Waals surface area contributed by atoms with Crippen LogP contribution in [0.25, 0.3) is 0 Å². The second kappa shape index (κ2) is 8.42. The fourth-order valence-corrected chi connectivity index (χ4v) is 3.06. The highest BCUT2D eigenvalue weighted by atomic mass is 79.9. The minimum atomic E-state index is 0.0781. The van der Waals surface area contributed by atoms with Gasteiger partial charge >= 0.3 is 0 Å². The smallest absolute Gasteiger partial charge is 0.160 e. The number of ether oxygens (including phenoxy) is 1. The molecule has 0 unspecified atom stereocenters. The fraction of sp³-hybridized carbons (Fsp3) is 0.562. The molecule has 0 heterocycles. The van der Waals surface area contributed by atoms with Gasteiger partial charge in [-0.3, -0.25) is 4.79 Å². The van der Waals surface area contributed by atoms with Crippen LogP contribution in [0.5, 0.6) is 0 Å². The largest absolute Gasteiger partial charge is 0.383 e. The number of carbonyl (C=O) groups excluding carboxylic acids is 1. The molecule has 112 valence electrons. The van der Waals surface area contributed by atoms with Gasteiger partial charge in [0.2, 0.25) is 0 Å². The summed E-state index contributed by atoms with van der Waals surface area (Å²) in [4.78, 5) is 13.9. The Hall–Kier alpha value is -0.870. The Morgan fingerprint density at radius 3 is 2.45 bits per heavy atom. The van der Waals surface area contributed by atoms with Gasteiger partial charge in [-0.05, 0) is 53.9 Å². The summed E-state index contributed by atoms with van der Waals surface area (Å²) in [5, 5.41) is 0. The van der Waals surface area contributed by atoms with Crippen molar-refractivity contribution in [3.05, 3.63) is 28.2 Å². The SMILES string of the molecule is CCC(CC)N(CCOC)c1ccc(C(C)=O)c(Br)c1. The van der Waals surface area contributed by atoms with E-state index in [0.717, 1.165) is 35.1 Å². The van der Waals surface area contributed by atoms with E-state index in [1.807, 2.05) is 18.2 Å². The summed E-state index contributed by atoms with van der Waals surface area (Å²) >= 11 is 3.50. The quantitative estimate of drug-likeness (QED) is 0.660. The number of benzene rings is 1. The summed E-state index contributed by atoms with van der Waals surface area (Å²) in [6.45, 7) is 7.54. The molecule has 1 rings (SSSR count). The molecule has 0 aromatic heterocycles. The minimum absolute atomic E-state index is 0.0781. The first kappa shape index (κ1) is 17.2. The lowest BCUT2D eigenvalue weighted by molar-refractivity contribution is 0.101. The van der Waals surface area contributed by atoms with Crippen molar-refractivity contribution in [3.8, 4) is 0 Å². The highest BCUT2D eigenvalue weighted by molar-refractivity contribution is 9.10. The molecule has 0 bridgehead atoms. The summed E-state index contributed by atoms with van der Waals surface area (Å²) in [7, 11) is 1.72. The Balaban J connectivity index is 3.06. The van der Waals surface area contributed by atoms with E-state index in [1.165, 1.54) is 0 Å². The van der Waals surface area contributed by atoms with Crippen LogP contribution in [-0.4, -0.2) is 32.1 Å². The van der Waals surface area contributed by atoms with Crippen LogP contribution in [-0.2, 0) is 4.74 Å². The Morgan fingerprint density at radius 1 is 1.35 bits per heavy atom. The van der Waals surface area contributed by atoms with Crippen LogP contribution < -0.4 is 4.90 Å². The number of nitrogens with zero attached hydrogens (tertiary/aromatic N) is 1. The van der Waals surface area contributed by atoms with E-state index >= 15 is 0 Å². The van der Waals surface area contributed by atoms with Gasteiger partial charge in [0.15, 0.2) is 5.78 Å². The van der Waals surface area contributed by atoms with Gasteiger partial charge < -0.3 is 9.64 Å². The average Bonchev–Trinajstić information content (AvgIpc) is 2.43. The van der Waals surface area contributed by atoms with Crippen LogP contribution in [0.3, 0.4) is 0 Å². The number of ketones is 1. The molecular weight excluding hydrogens is 318 g/mol. The van der Waals surface area contributed by atoms with Crippen LogP contribution >= 0.6 is 15.9 Å². The molecule has 0 saturated carbocycles. The standard InChI is InChI=1S/C16H24BrNO2/c1-5-13(6-2)18(9-10-20-4)14-7-8-15(12(3)19)16(17)11-14/h7-8,11,13H,5-6,9-10H2,1-4H3. The van der Waals surface area contributed by atoms with Crippen molar-refractivity contribution in [1.29, 1.82) is 0 Å².